The van der Waals surface area contributed by atoms with Crippen molar-refractivity contribution >= 4 is 53.7 Å². The van der Waals surface area contributed by atoms with Crippen LogP contribution in [0.3, 0.4) is 0 Å². The Morgan fingerprint density at radius 1 is 0.943 bits per heavy atom. The molecule has 0 spiro atoms. The van der Waals surface area contributed by atoms with Gasteiger partial charge in [-0.3, -0.25) is 0 Å². The van der Waals surface area contributed by atoms with E-state index < -0.39 is 0 Å². The Morgan fingerprint density at radius 3 is 2.34 bits per heavy atom. The van der Waals surface area contributed by atoms with Gasteiger partial charge in [0.25, 0.3) is 0 Å². The van der Waals surface area contributed by atoms with Gasteiger partial charge < -0.3 is 19.7 Å². The van der Waals surface area contributed by atoms with E-state index >= 15 is 0 Å². The van der Waals surface area contributed by atoms with Gasteiger partial charge >= 0.3 is 0 Å². The minimum absolute atomic E-state index is 0. The number of halogens is 2. The molecule has 192 valence electrons. The molecule has 1 atom stereocenters. The first-order chi connectivity index (χ1) is 16.1. The van der Waals surface area contributed by atoms with Crippen molar-refractivity contribution in [3.8, 4) is 11.5 Å². The molecule has 3 aromatic rings. The lowest BCUT2D eigenvalue weighted by atomic mass is 10.1. The van der Waals surface area contributed by atoms with Crippen molar-refractivity contribution in [3.63, 3.8) is 0 Å². The number of hydrogen-bond donors (Lipinski definition) is 1. The predicted octanol–water partition coefficient (Wildman–Crippen LogP) is 6.58. The third-order valence-corrected chi connectivity index (χ3v) is 5.84. The van der Waals surface area contributed by atoms with Gasteiger partial charge in [-0.05, 0) is 75.3 Å². The molecular weight excluding hydrogens is 483 g/mol. The highest BCUT2D eigenvalue weighted by Gasteiger charge is 2.10. The van der Waals surface area contributed by atoms with Crippen LogP contribution in [0.1, 0.15) is 45.0 Å². The minimum atomic E-state index is 0. The van der Waals surface area contributed by atoms with Gasteiger partial charge in [0.05, 0.1) is 19.7 Å². The SMILES string of the molecule is CCN(CC)CCCC(C)Nc1nc(C=Cc2ccc(OC)c(OC)c2)nc2ccccc12.Cl.Cl. The second-order valence-corrected chi connectivity index (χ2v) is 8.11. The van der Waals surface area contributed by atoms with Crippen LogP contribution in [-0.2, 0) is 0 Å². The van der Waals surface area contributed by atoms with E-state index in [0.717, 1.165) is 54.8 Å². The number of nitrogens with one attached hydrogen (secondary N) is 1. The largest absolute Gasteiger partial charge is 0.493 e. The zero-order chi connectivity index (χ0) is 23.6. The number of aromatic nitrogens is 2. The summed E-state index contributed by atoms with van der Waals surface area (Å²) < 4.78 is 10.7. The second-order valence-electron chi connectivity index (χ2n) is 8.11. The molecule has 0 aliphatic heterocycles. The van der Waals surface area contributed by atoms with Gasteiger partial charge in [0, 0.05) is 11.4 Å². The summed E-state index contributed by atoms with van der Waals surface area (Å²) in [5.41, 5.74) is 1.92. The number of anilines is 1. The molecule has 0 aliphatic carbocycles. The van der Waals surface area contributed by atoms with E-state index in [1.807, 2.05) is 48.6 Å². The summed E-state index contributed by atoms with van der Waals surface area (Å²) in [6, 6.07) is 14.3. The van der Waals surface area contributed by atoms with E-state index in [1.165, 1.54) is 0 Å². The first-order valence-corrected chi connectivity index (χ1v) is 11.7. The highest BCUT2D eigenvalue weighted by molar-refractivity contribution is 5.90. The zero-order valence-electron chi connectivity index (χ0n) is 21.3. The van der Waals surface area contributed by atoms with Crippen molar-refractivity contribution in [1.29, 1.82) is 0 Å². The van der Waals surface area contributed by atoms with Crippen LogP contribution in [-0.4, -0.2) is 54.8 Å². The minimum Gasteiger partial charge on any atom is -0.493 e. The topological polar surface area (TPSA) is 59.5 Å². The van der Waals surface area contributed by atoms with E-state index in [-0.39, 0.29) is 24.8 Å². The third-order valence-electron chi connectivity index (χ3n) is 5.84. The van der Waals surface area contributed by atoms with E-state index in [4.69, 9.17) is 19.4 Å². The molecule has 0 fully saturated rings. The fourth-order valence-corrected chi connectivity index (χ4v) is 3.87. The molecular formula is C27H38Cl2N4O2. The molecule has 3 rings (SSSR count). The molecule has 8 heteroatoms. The number of ether oxygens (including phenoxy) is 2. The normalized spacial score (nSPS) is 11.7. The van der Waals surface area contributed by atoms with Gasteiger partial charge in [0.15, 0.2) is 17.3 Å². The summed E-state index contributed by atoms with van der Waals surface area (Å²) >= 11 is 0. The average molecular weight is 522 g/mol. The van der Waals surface area contributed by atoms with Crippen LogP contribution in [0.5, 0.6) is 11.5 Å². The Hall–Kier alpha value is -2.54. The molecule has 0 saturated carbocycles. The van der Waals surface area contributed by atoms with Crippen LogP contribution in [0, 0.1) is 0 Å². The molecule has 1 N–H and O–H groups in total. The molecule has 1 heterocycles. The molecule has 1 aromatic heterocycles. The Bertz CT molecular complexity index is 1070. The Labute approximate surface area is 222 Å². The number of nitrogens with zero attached hydrogens (tertiary/aromatic N) is 3. The van der Waals surface area contributed by atoms with Crippen LogP contribution in [0.2, 0.25) is 0 Å². The number of rotatable bonds is 12. The summed E-state index contributed by atoms with van der Waals surface area (Å²) in [6.45, 7) is 9.99. The fourth-order valence-electron chi connectivity index (χ4n) is 3.87. The smallest absolute Gasteiger partial charge is 0.161 e. The van der Waals surface area contributed by atoms with Crippen LogP contribution in [0.4, 0.5) is 5.82 Å². The lowest BCUT2D eigenvalue weighted by molar-refractivity contribution is 0.295. The van der Waals surface area contributed by atoms with Gasteiger partial charge in [-0.25, -0.2) is 9.97 Å². The van der Waals surface area contributed by atoms with E-state index in [9.17, 15) is 0 Å². The number of methoxy groups -OCH3 is 2. The monoisotopic (exact) mass is 520 g/mol. The Kier molecular flexibility index (Phi) is 13.5. The Balaban J connectivity index is 0.00000306. The number of fused-ring (bicyclic) bond motifs is 1. The molecule has 35 heavy (non-hydrogen) atoms. The lowest BCUT2D eigenvalue weighted by Gasteiger charge is -2.20. The van der Waals surface area contributed by atoms with Crippen molar-refractivity contribution in [3.05, 3.63) is 53.9 Å². The van der Waals surface area contributed by atoms with E-state index in [0.29, 0.717) is 23.4 Å². The van der Waals surface area contributed by atoms with Gasteiger partial charge in [-0.15, -0.1) is 24.8 Å². The van der Waals surface area contributed by atoms with E-state index in [1.54, 1.807) is 14.2 Å². The quantitative estimate of drug-likeness (QED) is 0.290. The molecule has 6 nitrogen and oxygen atoms in total. The highest BCUT2D eigenvalue weighted by atomic mass is 35.5. The molecule has 0 saturated heterocycles. The first kappa shape index (κ1) is 30.5. The van der Waals surface area contributed by atoms with Gasteiger partial charge in [-0.2, -0.15) is 0 Å². The molecule has 0 bridgehead atoms. The van der Waals surface area contributed by atoms with Gasteiger partial charge in [0.2, 0.25) is 0 Å². The summed E-state index contributed by atoms with van der Waals surface area (Å²) in [7, 11) is 3.27. The van der Waals surface area contributed by atoms with Crippen LogP contribution in [0.25, 0.3) is 23.1 Å². The summed E-state index contributed by atoms with van der Waals surface area (Å²) in [4.78, 5) is 12.0. The fraction of sp³-hybridized carbons (Fsp3) is 0.407. The summed E-state index contributed by atoms with van der Waals surface area (Å²) in [6.07, 6.45) is 6.17. The van der Waals surface area contributed by atoms with Crippen LogP contribution in [0.15, 0.2) is 42.5 Å². The molecule has 1 unspecified atom stereocenters. The van der Waals surface area contributed by atoms with Crippen LogP contribution < -0.4 is 14.8 Å². The summed E-state index contributed by atoms with van der Waals surface area (Å²) in [5, 5.41) is 4.66. The third kappa shape index (κ3) is 8.57. The first-order valence-electron chi connectivity index (χ1n) is 11.7. The maximum Gasteiger partial charge on any atom is 0.161 e. The number of benzene rings is 2. The van der Waals surface area contributed by atoms with Crippen molar-refractivity contribution in [2.45, 2.75) is 39.7 Å². The standard InChI is InChI=1S/C27H36N4O2.2ClH/c1-6-31(7-2)18-10-11-20(3)28-27-22-12-8-9-13-23(22)29-26(30-27)17-15-21-14-16-24(32-4)25(19-21)33-5;;/h8-9,12-17,19-20H,6-7,10-11,18H2,1-5H3,(H,28,29,30);2*1H. The number of para-hydroxylation sites is 1. The van der Waals surface area contributed by atoms with E-state index in [2.05, 4.69) is 37.1 Å². The highest BCUT2D eigenvalue weighted by Crippen LogP contribution is 2.28. The van der Waals surface area contributed by atoms with Crippen LogP contribution >= 0.6 is 24.8 Å². The molecule has 2 aromatic carbocycles. The second kappa shape index (κ2) is 15.5. The number of hydrogen-bond acceptors (Lipinski definition) is 6. The van der Waals surface area contributed by atoms with Gasteiger partial charge in [-0.1, -0.05) is 38.1 Å². The average Bonchev–Trinajstić information content (AvgIpc) is 2.85. The summed E-state index contributed by atoms with van der Waals surface area (Å²) in [5.74, 6) is 2.95. The predicted molar refractivity (Wildman–Crippen MR) is 153 cm³/mol. The Morgan fingerprint density at radius 2 is 1.66 bits per heavy atom. The van der Waals surface area contributed by atoms with Crippen molar-refractivity contribution in [2.75, 3.05) is 39.2 Å². The molecule has 0 aliphatic rings. The maximum atomic E-state index is 5.41. The van der Waals surface area contributed by atoms with Crippen molar-refractivity contribution < 1.29 is 9.47 Å². The lowest BCUT2D eigenvalue weighted by Crippen LogP contribution is -2.25. The van der Waals surface area contributed by atoms with Gasteiger partial charge in [0.1, 0.15) is 5.82 Å². The zero-order valence-corrected chi connectivity index (χ0v) is 22.9. The van der Waals surface area contributed by atoms with Crippen molar-refractivity contribution in [1.82, 2.24) is 14.9 Å². The van der Waals surface area contributed by atoms with Crippen molar-refractivity contribution in [2.24, 2.45) is 0 Å². The maximum absolute atomic E-state index is 5.41. The molecule has 0 radical (unpaired) electrons. The molecule has 0 amide bonds.